The van der Waals surface area contributed by atoms with Gasteiger partial charge in [0.15, 0.2) is 11.9 Å². The van der Waals surface area contributed by atoms with Crippen LogP contribution in [0.1, 0.15) is 35.7 Å². The maximum atomic E-state index is 11.4. The molecule has 3 heteroatoms. The maximum absolute atomic E-state index is 11.4. The Kier molecular flexibility index (Phi) is 2.91. The van der Waals surface area contributed by atoms with E-state index in [1.807, 2.05) is 13.0 Å². The number of Topliss-reactive ketones (excluding diaryl/α,β-unsaturated/α-hetero) is 1. The van der Waals surface area contributed by atoms with Gasteiger partial charge in [0.1, 0.15) is 11.8 Å². The van der Waals surface area contributed by atoms with E-state index < -0.39 is 6.10 Å². The predicted octanol–water partition coefficient (Wildman–Crippen LogP) is 2.50. The third-order valence-electron chi connectivity index (χ3n) is 2.79. The van der Waals surface area contributed by atoms with E-state index in [4.69, 9.17) is 10.00 Å². The zero-order valence-electron chi connectivity index (χ0n) is 9.19. The van der Waals surface area contributed by atoms with E-state index in [1.54, 1.807) is 12.1 Å². The molecule has 1 aliphatic carbocycles. The van der Waals surface area contributed by atoms with Gasteiger partial charge in [-0.3, -0.25) is 4.79 Å². The Hall–Kier alpha value is -1.82. The van der Waals surface area contributed by atoms with Gasteiger partial charge >= 0.3 is 0 Å². The molecule has 0 bridgehead atoms. The fourth-order valence-corrected chi connectivity index (χ4v) is 1.87. The molecular formula is C13H13NO2. The van der Waals surface area contributed by atoms with Crippen LogP contribution in [0, 0.1) is 11.3 Å². The fraction of sp³-hybridized carbons (Fsp3) is 0.385. The number of nitrogens with zero attached hydrogens (tertiary/aromatic N) is 1. The van der Waals surface area contributed by atoms with Gasteiger partial charge in [0.05, 0.1) is 0 Å². The molecule has 82 valence electrons. The molecule has 0 aromatic heterocycles. The van der Waals surface area contributed by atoms with Gasteiger partial charge < -0.3 is 4.74 Å². The zero-order valence-corrected chi connectivity index (χ0v) is 9.19. The van der Waals surface area contributed by atoms with Crippen LogP contribution in [0.4, 0.5) is 0 Å². The number of rotatable bonds is 3. The summed E-state index contributed by atoms with van der Waals surface area (Å²) in [5, 5.41) is 8.79. The van der Waals surface area contributed by atoms with Crippen LogP contribution in [0.25, 0.3) is 0 Å². The maximum Gasteiger partial charge on any atom is 0.184 e. The molecule has 0 saturated heterocycles. The van der Waals surface area contributed by atoms with Crippen LogP contribution in [-0.4, -0.2) is 11.9 Å². The van der Waals surface area contributed by atoms with Crippen molar-refractivity contribution in [1.29, 1.82) is 5.26 Å². The highest BCUT2D eigenvalue weighted by Crippen LogP contribution is 2.26. The molecule has 16 heavy (non-hydrogen) atoms. The number of ether oxygens (including phenoxy) is 1. The molecule has 0 N–H and O–H groups in total. The topological polar surface area (TPSA) is 50.1 Å². The quantitative estimate of drug-likeness (QED) is 0.778. The van der Waals surface area contributed by atoms with Crippen LogP contribution >= 0.6 is 0 Å². The molecular weight excluding hydrogens is 202 g/mol. The minimum absolute atomic E-state index is 0.203. The lowest BCUT2D eigenvalue weighted by molar-refractivity contribution is 0.0994. The number of aryl methyl sites for hydroxylation is 1. The second kappa shape index (κ2) is 4.36. The Morgan fingerprint density at radius 2 is 2.31 bits per heavy atom. The van der Waals surface area contributed by atoms with Crippen LogP contribution in [0.5, 0.6) is 5.75 Å². The molecule has 3 nitrogen and oxygen atoms in total. The monoisotopic (exact) mass is 215 g/mol. The number of benzene rings is 1. The largest absolute Gasteiger partial charge is 0.476 e. The van der Waals surface area contributed by atoms with E-state index in [2.05, 4.69) is 6.07 Å². The van der Waals surface area contributed by atoms with E-state index in [-0.39, 0.29) is 5.78 Å². The number of hydrogen-bond acceptors (Lipinski definition) is 3. The van der Waals surface area contributed by atoms with Crippen LogP contribution in [0.15, 0.2) is 18.2 Å². The van der Waals surface area contributed by atoms with E-state index in [0.717, 1.165) is 17.5 Å². The average molecular weight is 215 g/mol. The molecule has 1 unspecified atom stereocenters. The van der Waals surface area contributed by atoms with Gasteiger partial charge in [-0.25, -0.2) is 0 Å². The minimum Gasteiger partial charge on any atom is -0.476 e. The number of nitriles is 1. The van der Waals surface area contributed by atoms with Crippen molar-refractivity contribution in [1.82, 2.24) is 0 Å². The van der Waals surface area contributed by atoms with E-state index >= 15 is 0 Å². The zero-order chi connectivity index (χ0) is 11.5. The van der Waals surface area contributed by atoms with Crippen molar-refractivity contribution >= 4 is 5.78 Å². The van der Waals surface area contributed by atoms with Gasteiger partial charge in [0, 0.05) is 12.0 Å². The molecule has 0 spiro atoms. The van der Waals surface area contributed by atoms with Gasteiger partial charge in [-0.15, -0.1) is 0 Å². The third kappa shape index (κ3) is 1.92. The van der Waals surface area contributed by atoms with Crippen molar-refractivity contribution in [2.75, 3.05) is 0 Å². The minimum atomic E-state index is -0.407. The molecule has 1 aromatic rings. The summed E-state index contributed by atoms with van der Waals surface area (Å²) in [4.78, 5) is 11.4. The Morgan fingerprint density at radius 3 is 3.00 bits per heavy atom. The summed E-state index contributed by atoms with van der Waals surface area (Å²) in [6.07, 6.45) is 1.63. The van der Waals surface area contributed by atoms with Crippen LogP contribution in [0.3, 0.4) is 0 Å². The van der Waals surface area contributed by atoms with Gasteiger partial charge in [0.25, 0.3) is 0 Å². The summed E-state index contributed by atoms with van der Waals surface area (Å²) in [7, 11) is 0. The molecule has 0 heterocycles. The van der Waals surface area contributed by atoms with Crippen molar-refractivity contribution in [3.8, 4) is 11.8 Å². The highest BCUT2D eigenvalue weighted by Gasteiger charge is 2.20. The number of carbonyl (C=O) groups excluding carboxylic acids is 1. The Balaban J connectivity index is 2.20. The molecule has 0 aliphatic heterocycles. The SMILES string of the molecule is CCC(C#N)Oc1ccc2c(c1)CCC2=O. The van der Waals surface area contributed by atoms with Crippen molar-refractivity contribution < 1.29 is 9.53 Å². The van der Waals surface area contributed by atoms with Crippen molar-refractivity contribution in [3.63, 3.8) is 0 Å². The molecule has 1 aliphatic rings. The third-order valence-corrected chi connectivity index (χ3v) is 2.79. The van der Waals surface area contributed by atoms with Gasteiger partial charge in [0.2, 0.25) is 0 Å². The van der Waals surface area contributed by atoms with Crippen LogP contribution in [-0.2, 0) is 6.42 Å². The number of hydrogen-bond donors (Lipinski definition) is 0. The van der Waals surface area contributed by atoms with Gasteiger partial charge in [-0.2, -0.15) is 5.26 Å². The lowest BCUT2D eigenvalue weighted by Gasteiger charge is -2.11. The Bertz CT molecular complexity index is 459. The van der Waals surface area contributed by atoms with Crippen LogP contribution < -0.4 is 4.74 Å². The first kappa shape index (κ1) is 10.7. The van der Waals surface area contributed by atoms with Crippen molar-refractivity contribution in [2.45, 2.75) is 32.3 Å². The predicted molar refractivity (Wildman–Crippen MR) is 59.4 cm³/mol. The second-order valence-corrected chi connectivity index (χ2v) is 3.89. The van der Waals surface area contributed by atoms with Crippen molar-refractivity contribution in [3.05, 3.63) is 29.3 Å². The lowest BCUT2D eigenvalue weighted by atomic mass is 10.1. The number of ketones is 1. The summed E-state index contributed by atoms with van der Waals surface area (Å²) in [6.45, 7) is 1.91. The summed E-state index contributed by atoms with van der Waals surface area (Å²) < 4.78 is 5.50. The Labute approximate surface area is 94.6 Å². The summed E-state index contributed by atoms with van der Waals surface area (Å²) in [5.74, 6) is 0.885. The first-order valence-electron chi connectivity index (χ1n) is 5.47. The lowest BCUT2D eigenvalue weighted by Crippen LogP contribution is -2.12. The normalized spacial score (nSPS) is 15.4. The first-order chi connectivity index (χ1) is 7.74. The van der Waals surface area contributed by atoms with Gasteiger partial charge in [-0.05, 0) is 36.6 Å². The van der Waals surface area contributed by atoms with Gasteiger partial charge in [-0.1, -0.05) is 6.92 Å². The molecule has 2 rings (SSSR count). The summed E-state index contributed by atoms with van der Waals surface area (Å²) in [6, 6.07) is 7.52. The molecule has 0 saturated carbocycles. The van der Waals surface area contributed by atoms with Crippen LogP contribution in [0.2, 0.25) is 0 Å². The number of fused-ring (bicyclic) bond motifs is 1. The second-order valence-electron chi connectivity index (χ2n) is 3.89. The molecule has 1 atom stereocenters. The first-order valence-corrected chi connectivity index (χ1v) is 5.47. The Morgan fingerprint density at radius 1 is 1.50 bits per heavy atom. The smallest absolute Gasteiger partial charge is 0.184 e. The highest BCUT2D eigenvalue weighted by molar-refractivity contribution is 6.00. The fourth-order valence-electron chi connectivity index (χ4n) is 1.87. The highest BCUT2D eigenvalue weighted by atomic mass is 16.5. The number of carbonyl (C=O) groups is 1. The summed E-state index contributed by atoms with van der Waals surface area (Å²) in [5.41, 5.74) is 1.84. The van der Waals surface area contributed by atoms with E-state index in [1.165, 1.54) is 0 Å². The molecule has 0 amide bonds. The standard InChI is InChI=1S/C13H13NO2/c1-2-10(8-14)16-11-4-5-12-9(7-11)3-6-13(12)15/h4-5,7,10H,2-3,6H2,1H3. The molecule has 1 aromatic carbocycles. The molecule has 0 fully saturated rings. The average Bonchev–Trinajstić information content (AvgIpc) is 2.68. The van der Waals surface area contributed by atoms with E-state index in [0.29, 0.717) is 18.6 Å². The van der Waals surface area contributed by atoms with E-state index in [9.17, 15) is 4.79 Å². The van der Waals surface area contributed by atoms with Crippen molar-refractivity contribution in [2.24, 2.45) is 0 Å². The molecule has 0 radical (unpaired) electrons. The summed E-state index contributed by atoms with van der Waals surface area (Å²) >= 11 is 0.